The van der Waals surface area contributed by atoms with Gasteiger partial charge in [0, 0.05) is 5.02 Å². The predicted octanol–water partition coefficient (Wildman–Crippen LogP) is 2.78. The van der Waals surface area contributed by atoms with Gasteiger partial charge >= 0.3 is 0 Å². The maximum absolute atomic E-state index is 6.01. The second-order valence-electron chi connectivity index (χ2n) is 6.28. The minimum Gasteiger partial charge on any atom is -0.0843 e. The average molecular weight is 341 g/mol. The number of halogens is 1. The van der Waals surface area contributed by atoms with Gasteiger partial charge in [-0.25, -0.2) is 0 Å². The third-order valence-corrected chi connectivity index (χ3v) is 4.89. The molecular formula is C18H19ClN5+. The van der Waals surface area contributed by atoms with Crippen molar-refractivity contribution >= 4 is 11.6 Å². The van der Waals surface area contributed by atoms with Crippen molar-refractivity contribution in [3.05, 3.63) is 70.7 Å². The lowest BCUT2D eigenvalue weighted by Gasteiger charge is -2.13. The SMILES string of the molecule is Clc1ccc(C2(n3nnn[n+]3CCCc3ccccc3)CC2)cc1. The summed E-state index contributed by atoms with van der Waals surface area (Å²) >= 11 is 6.01. The summed E-state index contributed by atoms with van der Waals surface area (Å²) in [4.78, 5) is 3.84. The zero-order valence-corrected chi connectivity index (χ0v) is 14.1. The molecule has 122 valence electrons. The number of hydrogen-bond acceptors (Lipinski definition) is 3. The van der Waals surface area contributed by atoms with Crippen LogP contribution in [0.3, 0.4) is 0 Å². The normalized spacial score (nSPS) is 15.4. The molecule has 1 aliphatic rings. The molecule has 0 saturated heterocycles. The van der Waals surface area contributed by atoms with Gasteiger partial charge in [0.1, 0.15) is 17.3 Å². The Morgan fingerprint density at radius 2 is 1.79 bits per heavy atom. The quantitative estimate of drug-likeness (QED) is 0.648. The van der Waals surface area contributed by atoms with Crippen LogP contribution in [0.4, 0.5) is 0 Å². The van der Waals surface area contributed by atoms with Gasteiger partial charge in [-0.2, -0.15) is 0 Å². The third kappa shape index (κ3) is 2.91. The van der Waals surface area contributed by atoms with Crippen LogP contribution in [0, 0.1) is 0 Å². The molecule has 0 spiro atoms. The Bertz CT molecular complexity index is 809. The van der Waals surface area contributed by atoms with Crippen molar-refractivity contribution < 1.29 is 4.80 Å². The van der Waals surface area contributed by atoms with Gasteiger partial charge < -0.3 is 0 Å². The van der Waals surface area contributed by atoms with Gasteiger partial charge in [-0.05, 0) is 53.7 Å². The van der Waals surface area contributed by atoms with Crippen LogP contribution in [-0.4, -0.2) is 20.4 Å². The summed E-state index contributed by atoms with van der Waals surface area (Å²) in [5, 5.41) is 13.1. The lowest BCUT2D eigenvalue weighted by Crippen LogP contribution is -2.51. The van der Waals surface area contributed by atoms with E-state index in [1.807, 2.05) is 27.8 Å². The smallest absolute Gasteiger partial charge is 0.0843 e. The van der Waals surface area contributed by atoms with Crippen molar-refractivity contribution in [2.75, 3.05) is 0 Å². The van der Waals surface area contributed by atoms with Gasteiger partial charge in [0.15, 0.2) is 0 Å². The molecular weight excluding hydrogens is 322 g/mol. The number of aryl methyl sites for hydroxylation is 2. The zero-order chi connectivity index (χ0) is 16.4. The van der Waals surface area contributed by atoms with E-state index in [1.54, 1.807) is 0 Å². The van der Waals surface area contributed by atoms with Gasteiger partial charge in [-0.15, -0.1) is 0 Å². The van der Waals surface area contributed by atoms with Crippen LogP contribution in [0.2, 0.25) is 5.02 Å². The molecule has 0 unspecified atom stereocenters. The molecule has 4 rings (SSSR count). The first kappa shape index (κ1) is 15.3. The van der Waals surface area contributed by atoms with Crippen molar-refractivity contribution in [3.63, 3.8) is 0 Å². The van der Waals surface area contributed by atoms with Crippen molar-refractivity contribution in [1.82, 2.24) is 20.4 Å². The topological polar surface area (TPSA) is 47.5 Å². The lowest BCUT2D eigenvalue weighted by molar-refractivity contribution is -0.834. The highest BCUT2D eigenvalue weighted by molar-refractivity contribution is 6.30. The standard InChI is InChI=1S/C18H19ClN5/c19-17-10-8-16(9-11-17)18(12-13-18)24-22-20-21-23(24)14-4-7-15-5-2-1-3-6-15/h1-3,5-6,8-11H,4,7,12-14H2/q+1. The van der Waals surface area contributed by atoms with E-state index in [1.165, 1.54) is 11.1 Å². The highest BCUT2D eigenvalue weighted by Crippen LogP contribution is 2.47. The number of aromatic nitrogens is 5. The van der Waals surface area contributed by atoms with E-state index in [9.17, 15) is 0 Å². The van der Waals surface area contributed by atoms with Crippen LogP contribution >= 0.6 is 11.6 Å². The Hall–Kier alpha value is -2.27. The molecule has 0 aliphatic heterocycles. The minimum absolute atomic E-state index is 0.110. The highest BCUT2D eigenvalue weighted by atomic mass is 35.5. The fourth-order valence-corrected chi connectivity index (χ4v) is 3.31. The number of benzene rings is 2. The summed E-state index contributed by atoms with van der Waals surface area (Å²) in [5.74, 6) is 0. The van der Waals surface area contributed by atoms with Crippen LogP contribution in [0.25, 0.3) is 0 Å². The van der Waals surface area contributed by atoms with Crippen LogP contribution in [-0.2, 0) is 18.5 Å². The molecule has 1 heterocycles. The van der Waals surface area contributed by atoms with Crippen LogP contribution in [0.1, 0.15) is 30.4 Å². The third-order valence-electron chi connectivity index (χ3n) is 4.64. The number of rotatable bonds is 6. The Morgan fingerprint density at radius 1 is 1.04 bits per heavy atom. The fourth-order valence-electron chi connectivity index (χ4n) is 3.18. The molecule has 24 heavy (non-hydrogen) atoms. The molecule has 1 saturated carbocycles. The Morgan fingerprint density at radius 3 is 2.50 bits per heavy atom. The number of nitrogens with zero attached hydrogens (tertiary/aromatic N) is 5. The molecule has 0 amide bonds. The molecule has 0 radical (unpaired) electrons. The monoisotopic (exact) mass is 340 g/mol. The van der Waals surface area contributed by atoms with E-state index in [2.05, 4.69) is 52.0 Å². The molecule has 0 bridgehead atoms. The summed E-state index contributed by atoms with van der Waals surface area (Å²) in [5.41, 5.74) is 2.45. The molecule has 1 aliphatic carbocycles. The molecule has 0 N–H and O–H groups in total. The van der Waals surface area contributed by atoms with E-state index in [-0.39, 0.29) is 5.54 Å². The molecule has 6 heteroatoms. The molecule has 1 aromatic heterocycles. The van der Waals surface area contributed by atoms with Gasteiger partial charge in [0.25, 0.3) is 0 Å². The summed E-state index contributed by atoms with van der Waals surface area (Å²) < 4.78 is 0. The van der Waals surface area contributed by atoms with Gasteiger partial charge in [0.2, 0.25) is 10.4 Å². The second-order valence-corrected chi connectivity index (χ2v) is 6.72. The van der Waals surface area contributed by atoms with Crippen molar-refractivity contribution in [3.8, 4) is 0 Å². The van der Waals surface area contributed by atoms with E-state index in [0.717, 1.165) is 37.3 Å². The van der Waals surface area contributed by atoms with Gasteiger partial charge in [0.05, 0.1) is 0 Å². The number of hydrogen-bond donors (Lipinski definition) is 0. The largest absolute Gasteiger partial charge is 0.231 e. The van der Waals surface area contributed by atoms with Crippen molar-refractivity contribution in [2.45, 2.75) is 37.8 Å². The van der Waals surface area contributed by atoms with Gasteiger partial charge in [-0.1, -0.05) is 58.9 Å². The summed E-state index contributed by atoms with van der Waals surface area (Å²) in [6.45, 7) is 0.803. The van der Waals surface area contributed by atoms with E-state index in [0.29, 0.717) is 0 Å². The van der Waals surface area contributed by atoms with Crippen molar-refractivity contribution in [2.24, 2.45) is 0 Å². The first-order valence-corrected chi connectivity index (χ1v) is 8.65. The van der Waals surface area contributed by atoms with Crippen LogP contribution in [0.5, 0.6) is 0 Å². The fraction of sp³-hybridized carbons (Fsp3) is 0.333. The van der Waals surface area contributed by atoms with Crippen LogP contribution < -0.4 is 4.80 Å². The average Bonchev–Trinajstić information content (AvgIpc) is 3.28. The predicted molar refractivity (Wildman–Crippen MR) is 90.5 cm³/mol. The Labute approximate surface area is 145 Å². The summed E-state index contributed by atoms with van der Waals surface area (Å²) in [7, 11) is 0. The van der Waals surface area contributed by atoms with Gasteiger partial charge in [-0.3, -0.25) is 0 Å². The second kappa shape index (κ2) is 6.32. The molecule has 5 nitrogen and oxygen atoms in total. The Balaban J connectivity index is 1.49. The lowest BCUT2D eigenvalue weighted by atomic mass is 10.1. The molecule has 1 fully saturated rings. The van der Waals surface area contributed by atoms with E-state index >= 15 is 0 Å². The summed E-state index contributed by atoms with van der Waals surface area (Å²) in [6, 6.07) is 18.5. The first-order chi connectivity index (χ1) is 11.8. The van der Waals surface area contributed by atoms with Crippen LogP contribution in [0.15, 0.2) is 54.6 Å². The molecule has 0 atom stereocenters. The maximum atomic E-state index is 6.01. The Kier molecular flexibility index (Phi) is 4.02. The zero-order valence-electron chi connectivity index (χ0n) is 13.3. The molecule has 2 aromatic carbocycles. The first-order valence-electron chi connectivity index (χ1n) is 8.27. The minimum atomic E-state index is -0.110. The van der Waals surface area contributed by atoms with E-state index < -0.39 is 0 Å². The maximum Gasteiger partial charge on any atom is 0.231 e. The highest BCUT2D eigenvalue weighted by Gasteiger charge is 2.53. The van der Waals surface area contributed by atoms with Crippen molar-refractivity contribution in [1.29, 1.82) is 0 Å². The molecule has 3 aromatic rings. The van der Waals surface area contributed by atoms with E-state index in [4.69, 9.17) is 11.6 Å². The summed E-state index contributed by atoms with van der Waals surface area (Å²) in [6.07, 6.45) is 4.14.